The Balaban J connectivity index is 1.29. The van der Waals surface area contributed by atoms with Crippen molar-refractivity contribution in [2.75, 3.05) is 4.90 Å². The van der Waals surface area contributed by atoms with Gasteiger partial charge in [-0.25, -0.2) is 4.90 Å². The summed E-state index contributed by atoms with van der Waals surface area (Å²) in [6, 6.07) is 56.5. The van der Waals surface area contributed by atoms with Gasteiger partial charge in [0, 0.05) is 21.9 Å². The number of hydrogen-bond acceptors (Lipinski definition) is 2. The number of anilines is 1. The highest BCUT2D eigenvalue weighted by Crippen LogP contribution is 2.43. The minimum absolute atomic E-state index is 0.330. The lowest BCUT2D eigenvalue weighted by molar-refractivity contribution is 0.0926. The first kappa shape index (κ1) is 27.8. The Morgan fingerprint density at radius 1 is 0.375 bits per heavy atom. The van der Waals surface area contributed by atoms with Crippen molar-refractivity contribution >= 4 is 39.3 Å². The van der Waals surface area contributed by atoms with Gasteiger partial charge in [-0.3, -0.25) is 9.59 Å². The SMILES string of the molecule is O=C1c2cccc(-n3c4ccccc4c4cccc(-c5ccccc5)c43)c2C(=O)N1c1cc(-c2ccccc2)ccc1-c1ccccc1. The van der Waals surface area contributed by atoms with E-state index in [0.717, 1.165) is 55.2 Å². The second kappa shape index (κ2) is 11.1. The summed E-state index contributed by atoms with van der Waals surface area (Å²) in [4.78, 5) is 30.7. The predicted octanol–water partition coefficient (Wildman–Crippen LogP) is 10.6. The highest BCUT2D eigenvalue weighted by molar-refractivity contribution is 6.36. The molecular weight excluding hydrogens is 588 g/mol. The van der Waals surface area contributed by atoms with Crippen LogP contribution in [0, 0.1) is 0 Å². The fraction of sp³-hybridized carbons (Fsp3) is 0. The molecule has 0 aliphatic carbocycles. The smallest absolute Gasteiger partial charge is 0.268 e. The molecule has 1 aliphatic heterocycles. The van der Waals surface area contributed by atoms with Crippen LogP contribution in [0.4, 0.5) is 5.69 Å². The molecule has 2 amide bonds. The maximum Gasteiger partial charge on any atom is 0.268 e. The second-order valence-corrected chi connectivity index (χ2v) is 12.0. The van der Waals surface area contributed by atoms with Gasteiger partial charge in [0.2, 0.25) is 0 Å². The van der Waals surface area contributed by atoms with Crippen molar-refractivity contribution in [3.63, 3.8) is 0 Å². The molecule has 0 saturated carbocycles. The number of imide groups is 1. The number of amides is 2. The van der Waals surface area contributed by atoms with Crippen molar-refractivity contribution in [2.24, 2.45) is 0 Å². The molecule has 0 bridgehead atoms. The highest BCUT2D eigenvalue weighted by atomic mass is 16.2. The summed E-state index contributed by atoms with van der Waals surface area (Å²) in [5.74, 6) is -0.667. The number of benzene rings is 7. The molecule has 1 aliphatic rings. The fourth-order valence-electron chi connectivity index (χ4n) is 7.18. The first-order valence-electron chi connectivity index (χ1n) is 16.0. The lowest BCUT2D eigenvalue weighted by atomic mass is 9.97. The Morgan fingerprint density at radius 2 is 0.958 bits per heavy atom. The highest BCUT2D eigenvalue weighted by Gasteiger charge is 2.40. The van der Waals surface area contributed by atoms with E-state index in [2.05, 4.69) is 47.0 Å². The molecule has 7 aromatic carbocycles. The first-order chi connectivity index (χ1) is 23.7. The maximum absolute atomic E-state index is 14.9. The number of rotatable bonds is 5. The quantitative estimate of drug-likeness (QED) is 0.181. The van der Waals surface area contributed by atoms with Gasteiger partial charge >= 0.3 is 0 Å². The molecule has 4 heteroatoms. The number of carbonyl (C=O) groups is 2. The van der Waals surface area contributed by atoms with Crippen LogP contribution >= 0.6 is 0 Å². The van der Waals surface area contributed by atoms with Crippen molar-refractivity contribution in [3.8, 4) is 39.1 Å². The van der Waals surface area contributed by atoms with E-state index in [1.807, 2.05) is 121 Å². The summed E-state index contributed by atoms with van der Waals surface area (Å²) in [7, 11) is 0. The normalized spacial score (nSPS) is 12.6. The van der Waals surface area contributed by atoms with E-state index in [1.54, 1.807) is 6.07 Å². The Bertz CT molecular complexity index is 2530. The molecule has 0 fully saturated rings. The number of fused-ring (bicyclic) bond motifs is 4. The lowest BCUT2D eigenvalue weighted by Gasteiger charge is -2.20. The van der Waals surface area contributed by atoms with E-state index >= 15 is 0 Å². The van der Waals surface area contributed by atoms with Crippen molar-refractivity contribution in [1.82, 2.24) is 4.57 Å². The van der Waals surface area contributed by atoms with E-state index in [-0.39, 0.29) is 11.8 Å². The van der Waals surface area contributed by atoms with Crippen molar-refractivity contribution in [2.45, 2.75) is 0 Å². The largest absolute Gasteiger partial charge is 0.308 e. The molecule has 0 unspecified atom stereocenters. The number of hydrogen-bond donors (Lipinski definition) is 0. The zero-order valence-electron chi connectivity index (χ0n) is 25.9. The Hall–Kier alpha value is -6.52. The third-order valence-corrected chi connectivity index (χ3v) is 9.34. The summed E-state index contributed by atoms with van der Waals surface area (Å²) in [6.07, 6.45) is 0. The van der Waals surface area contributed by atoms with Gasteiger partial charge in [0.1, 0.15) is 0 Å². The molecule has 0 spiro atoms. The summed E-state index contributed by atoms with van der Waals surface area (Å²) >= 11 is 0. The van der Waals surface area contributed by atoms with E-state index in [9.17, 15) is 9.59 Å². The molecule has 0 N–H and O–H groups in total. The molecule has 48 heavy (non-hydrogen) atoms. The van der Waals surface area contributed by atoms with E-state index in [1.165, 1.54) is 4.90 Å². The summed E-state index contributed by atoms with van der Waals surface area (Å²) in [5, 5.41) is 2.17. The molecular formula is C44H28N2O2. The number of aromatic nitrogens is 1. The van der Waals surface area contributed by atoms with Gasteiger partial charge in [0.15, 0.2) is 0 Å². The number of para-hydroxylation sites is 2. The molecule has 4 nitrogen and oxygen atoms in total. The Morgan fingerprint density at radius 3 is 1.69 bits per heavy atom. The number of carbonyl (C=O) groups excluding carboxylic acids is 2. The first-order valence-corrected chi connectivity index (χ1v) is 16.0. The van der Waals surface area contributed by atoms with Crippen LogP contribution in [0.5, 0.6) is 0 Å². The van der Waals surface area contributed by atoms with Crippen LogP contribution in [0.15, 0.2) is 170 Å². The van der Waals surface area contributed by atoms with Crippen LogP contribution in [-0.4, -0.2) is 16.4 Å². The molecule has 0 radical (unpaired) electrons. The molecule has 0 saturated heterocycles. The maximum atomic E-state index is 14.9. The molecule has 2 heterocycles. The van der Waals surface area contributed by atoms with Gasteiger partial charge in [-0.15, -0.1) is 0 Å². The van der Waals surface area contributed by atoms with Gasteiger partial charge in [0.25, 0.3) is 11.8 Å². The number of nitrogens with zero attached hydrogens (tertiary/aromatic N) is 2. The second-order valence-electron chi connectivity index (χ2n) is 12.0. The van der Waals surface area contributed by atoms with Crippen molar-refractivity contribution < 1.29 is 9.59 Å². The zero-order chi connectivity index (χ0) is 32.2. The van der Waals surface area contributed by atoms with Gasteiger partial charge in [-0.05, 0) is 46.5 Å². The van der Waals surface area contributed by atoms with Crippen molar-refractivity contribution in [3.05, 3.63) is 181 Å². The molecule has 8 aromatic rings. The van der Waals surface area contributed by atoms with E-state index in [4.69, 9.17) is 0 Å². The van der Waals surface area contributed by atoms with Crippen LogP contribution in [0.1, 0.15) is 20.7 Å². The molecule has 226 valence electrons. The van der Waals surface area contributed by atoms with Gasteiger partial charge < -0.3 is 4.57 Å². The van der Waals surface area contributed by atoms with Crippen LogP contribution in [0.3, 0.4) is 0 Å². The van der Waals surface area contributed by atoms with Crippen LogP contribution < -0.4 is 4.90 Å². The van der Waals surface area contributed by atoms with Crippen LogP contribution in [0.2, 0.25) is 0 Å². The lowest BCUT2D eigenvalue weighted by Crippen LogP contribution is -2.30. The third kappa shape index (κ3) is 4.24. The molecule has 9 rings (SSSR count). The monoisotopic (exact) mass is 616 g/mol. The van der Waals surface area contributed by atoms with Crippen LogP contribution in [-0.2, 0) is 0 Å². The summed E-state index contributed by atoms with van der Waals surface area (Å²) < 4.78 is 2.17. The average Bonchev–Trinajstić information content (AvgIpc) is 3.63. The third-order valence-electron chi connectivity index (χ3n) is 9.34. The van der Waals surface area contributed by atoms with E-state index < -0.39 is 0 Å². The fourth-order valence-corrected chi connectivity index (χ4v) is 7.18. The molecule has 1 aromatic heterocycles. The zero-order valence-corrected chi connectivity index (χ0v) is 25.9. The molecule has 0 atom stereocenters. The van der Waals surface area contributed by atoms with Crippen LogP contribution in [0.25, 0.3) is 60.9 Å². The Labute approximate surface area is 277 Å². The summed E-state index contributed by atoms with van der Waals surface area (Å²) in [5.41, 5.74) is 9.82. The minimum atomic E-state index is -0.337. The van der Waals surface area contributed by atoms with E-state index in [0.29, 0.717) is 22.5 Å². The van der Waals surface area contributed by atoms with Gasteiger partial charge in [-0.2, -0.15) is 0 Å². The van der Waals surface area contributed by atoms with Crippen molar-refractivity contribution in [1.29, 1.82) is 0 Å². The topological polar surface area (TPSA) is 42.3 Å². The minimum Gasteiger partial charge on any atom is -0.308 e. The Kier molecular flexibility index (Phi) is 6.41. The standard InChI is InChI=1S/C44H28N2O2/c47-43-37-23-13-25-39(45-38-24-11-10-20-35(38)36-22-12-21-34(42(36)45)31-18-8-3-9-19-31)41(37)44(48)46(43)40-28-32(29-14-4-1-5-15-29)26-27-33(40)30-16-6-2-7-17-30/h1-28H. The van der Waals surface area contributed by atoms with Gasteiger partial charge in [-0.1, -0.05) is 146 Å². The van der Waals surface area contributed by atoms with Gasteiger partial charge in [0.05, 0.1) is 33.5 Å². The predicted molar refractivity (Wildman–Crippen MR) is 195 cm³/mol. The summed E-state index contributed by atoms with van der Waals surface area (Å²) in [6.45, 7) is 0. The average molecular weight is 617 g/mol.